The van der Waals surface area contributed by atoms with Crippen LogP contribution in [-0.2, 0) is 14.6 Å². The van der Waals surface area contributed by atoms with Gasteiger partial charge in [0.15, 0.2) is 9.84 Å². The van der Waals surface area contributed by atoms with Crippen molar-refractivity contribution in [3.8, 4) is 0 Å². The molecule has 0 aromatic carbocycles. The average molecular weight is 383 g/mol. The number of hydrogen-bond donors (Lipinski definition) is 1. The molecule has 1 saturated heterocycles. The second-order valence-electron chi connectivity index (χ2n) is 7.46. The maximum Gasteiger partial charge on any atom is 0.221 e. The highest BCUT2D eigenvalue weighted by atomic mass is 32.2. The van der Waals surface area contributed by atoms with Gasteiger partial charge in [-0.25, -0.2) is 8.42 Å². The minimum absolute atomic E-state index is 0.0145. The first-order valence-corrected chi connectivity index (χ1v) is 11.5. The third-order valence-corrected chi connectivity index (χ3v) is 7.88. The van der Waals surface area contributed by atoms with Crippen LogP contribution < -0.4 is 5.32 Å². The van der Waals surface area contributed by atoms with Gasteiger partial charge in [-0.15, -0.1) is 0 Å². The molecule has 1 aliphatic heterocycles. The number of nitrogens with zero attached hydrogens (tertiary/aromatic N) is 1. The van der Waals surface area contributed by atoms with Gasteiger partial charge < -0.3 is 9.73 Å². The van der Waals surface area contributed by atoms with E-state index in [2.05, 4.69) is 10.2 Å². The molecule has 2 fully saturated rings. The number of rotatable bonds is 8. The van der Waals surface area contributed by atoms with Crippen molar-refractivity contribution in [1.29, 1.82) is 0 Å². The van der Waals surface area contributed by atoms with Crippen LogP contribution in [0.5, 0.6) is 0 Å². The molecular weight excluding hydrogens is 352 g/mol. The summed E-state index contributed by atoms with van der Waals surface area (Å²) in [7, 11) is -3.15. The summed E-state index contributed by atoms with van der Waals surface area (Å²) in [6, 6.07) is 3.82. The Bertz CT molecular complexity index is 660. The van der Waals surface area contributed by atoms with Crippen LogP contribution >= 0.6 is 0 Å². The van der Waals surface area contributed by atoms with Crippen LogP contribution in [0.2, 0.25) is 0 Å². The van der Waals surface area contributed by atoms with E-state index in [-0.39, 0.29) is 29.4 Å². The Morgan fingerprint density at radius 3 is 2.58 bits per heavy atom. The average Bonchev–Trinajstić information content (AvgIpc) is 3.35. The molecule has 0 radical (unpaired) electrons. The molecule has 0 unspecified atom stereocenters. The first kappa shape index (κ1) is 19.4. The third kappa shape index (κ3) is 5.10. The van der Waals surface area contributed by atoms with Gasteiger partial charge in [0.05, 0.1) is 23.3 Å². The molecule has 2 heterocycles. The number of nitrogens with one attached hydrogen (secondary N) is 1. The Kier molecular flexibility index (Phi) is 6.75. The van der Waals surface area contributed by atoms with Crippen LogP contribution in [0.3, 0.4) is 0 Å². The Hall–Kier alpha value is -1.34. The lowest BCUT2D eigenvalue weighted by molar-refractivity contribution is -0.121. The lowest BCUT2D eigenvalue weighted by Crippen LogP contribution is -2.40. The van der Waals surface area contributed by atoms with Gasteiger partial charge in [0.25, 0.3) is 0 Å². The van der Waals surface area contributed by atoms with Crippen molar-refractivity contribution in [2.75, 3.05) is 25.4 Å². The predicted molar refractivity (Wildman–Crippen MR) is 101 cm³/mol. The molecule has 146 valence electrons. The summed E-state index contributed by atoms with van der Waals surface area (Å²) in [6.45, 7) is 2.45. The number of piperidine rings is 1. The molecule has 0 bridgehead atoms. The lowest BCUT2D eigenvalue weighted by Gasteiger charge is -2.33. The molecule has 1 aromatic heterocycles. The second kappa shape index (κ2) is 9.04. The SMILES string of the molecule is O=C(CCS(=O)(=O)C1CCCC1)NC[C@@H](c1ccco1)N1CCCCC1. The van der Waals surface area contributed by atoms with E-state index in [1.54, 1.807) is 6.26 Å². The number of carbonyl (C=O) groups is 1. The first-order valence-electron chi connectivity index (χ1n) is 9.82. The first-order chi connectivity index (χ1) is 12.6. The maximum absolute atomic E-state index is 12.3. The van der Waals surface area contributed by atoms with Crippen LogP contribution in [0, 0.1) is 0 Å². The van der Waals surface area contributed by atoms with Gasteiger partial charge in [-0.05, 0) is 50.9 Å². The van der Waals surface area contributed by atoms with Crippen LogP contribution in [0.25, 0.3) is 0 Å². The Balaban J connectivity index is 1.51. The highest BCUT2D eigenvalue weighted by Gasteiger charge is 2.29. The molecule has 26 heavy (non-hydrogen) atoms. The van der Waals surface area contributed by atoms with Crippen molar-refractivity contribution in [2.24, 2.45) is 0 Å². The predicted octanol–water partition coefficient (Wildman–Crippen LogP) is 2.67. The topological polar surface area (TPSA) is 79.6 Å². The summed E-state index contributed by atoms with van der Waals surface area (Å²) < 4.78 is 30.2. The van der Waals surface area contributed by atoms with E-state index in [1.165, 1.54) is 6.42 Å². The minimum Gasteiger partial charge on any atom is -0.468 e. The van der Waals surface area contributed by atoms with E-state index in [0.29, 0.717) is 6.54 Å². The van der Waals surface area contributed by atoms with Gasteiger partial charge in [0.1, 0.15) is 5.76 Å². The molecule has 1 aromatic rings. The van der Waals surface area contributed by atoms with Gasteiger partial charge in [0, 0.05) is 13.0 Å². The molecule has 0 spiro atoms. The summed E-state index contributed by atoms with van der Waals surface area (Å²) in [6.07, 6.45) is 8.72. The summed E-state index contributed by atoms with van der Waals surface area (Å²) in [5.41, 5.74) is 0. The van der Waals surface area contributed by atoms with E-state index in [0.717, 1.165) is 57.4 Å². The van der Waals surface area contributed by atoms with Gasteiger partial charge in [0.2, 0.25) is 5.91 Å². The van der Waals surface area contributed by atoms with Gasteiger partial charge in [-0.1, -0.05) is 19.3 Å². The molecule has 1 saturated carbocycles. The Labute approximate surface area is 156 Å². The standard InChI is InChI=1S/C19H30N2O4S/c22-19(10-14-26(23,24)16-7-2-3-8-16)20-15-17(18-9-6-13-25-18)21-11-4-1-5-12-21/h6,9,13,16-17H,1-5,7-8,10-12,14-15H2,(H,20,22)/t17-/m0/s1. The molecule has 1 aliphatic carbocycles. The van der Waals surface area contributed by atoms with Crippen molar-refractivity contribution >= 4 is 15.7 Å². The number of carbonyl (C=O) groups excluding carboxylic acids is 1. The molecule has 1 amide bonds. The highest BCUT2D eigenvalue weighted by Crippen LogP contribution is 2.26. The molecule has 1 N–H and O–H groups in total. The summed E-state index contributed by atoms with van der Waals surface area (Å²) in [5.74, 6) is 0.615. The summed E-state index contributed by atoms with van der Waals surface area (Å²) >= 11 is 0. The van der Waals surface area contributed by atoms with Crippen LogP contribution in [0.1, 0.15) is 63.2 Å². The highest BCUT2D eigenvalue weighted by molar-refractivity contribution is 7.92. The quantitative estimate of drug-likeness (QED) is 0.748. The van der Waals surface area contributed by atoms with Gasteiger partial charge in [-0.3, -0.25) is 9.69 Å². The fourth-order valence-corrected chi connectivity index (χ4v) is 5.92. The third-order valence-electron chi connectivity index (χ3n) is 5.62. The maximum atomic E-state index is 12.3. The van der Waals surface area contributed by atoms with E-state index >= 15 is 0 Å². The zero-order chi connectivity index (χ0) is 18.4. The van der Waals surface area contributed by atoms with Crippen LogP contribution in [0.15, 0.2) is 22.8 Å². The van der Waals surface area contributed by atoms with Gasteiger partial charge >= 0.3 is 0 Å². The Morgan fingerprint density at radius 2 is 1.92 bits per heavy atom. The van der Waals surface area contributed by atoms with Crippen molar-refractivity contribution in [1.82, 2.24) is 10.2 Å². The number of hydrogen-bond acceptors (Lipinski definition) is 5. The molecule has 3 rings (SSSR count). The summed E-state index contributed by atoms with van der Waals surface area (Å²) in [4.78, 5) is 14.6. The summed E-state index contributed by atoms with van der Waals surface area (Å²) in [5, 5.41) is 2.69. The van der Waals surface area contributed by atoms with E-state index in [9.17, 15) is 13.2 Å². The molecular formula is C19H30N2O4S. The molecule has 2 aliphatic rings. The fraction of sp³-hybridized carbons (Fsp3) is 0.737. The van der Waals surface area contributed by atoms with Crippen molar-refractivity contribution in [3.63, 3.8) is 0 Å². The fourth-order valence-electron chi connectivity index (χ4n) is 4.07. The second-order valence-corrected chi connectivity index (χ2v) is 9.86. The number of sulfone groups is 1. The zero-order valence-corrected chi connectivity index (χ0v) is 16.2. The van der Waals surface area contributed by atoms with E-state index in [1.807, 2.05) is 12.1 Å². The van der Waals surface area contributed by atoms with E-state index < -0.39 is 9.84 Å². The smallest absolute Gasteiger partial charge is 0.221 e. The van der Waals surface area contributed by atoms with Crippen LogP contribution in [0.4, 0.5) is 0 Å². The van der Waals surface area contributed by atoms with Crippen LogP contribution in [-0.4, -0.2) is 49.9 Å². The number of furan rings is 1. The minimum atomic E-state index is -3.15. The van der Waals surface area contributed by atoms with Gasteiger partial charge in [-0.2, -0.15) is 0 Å². The molecule has 7 heteroatoms. The molecule has 1 atom stereocenters. The lowest BCUT2D eigenvalue weighted by atomic mass is 10.1. The van der Waals surface area contributed by atoms with E-state index in [4.69, 9.17) is 4.42 Å². The normalized spacial score (nSPS) is 20.9. The number of likely N-dealkylation sites (tertiary alicyclic amines) is 1. The zero-order valence-electron chi connectivity index (χ0n) is 15.4. The van der Waals surface area contributed by atoms with Crippen molar-refractivity contribution < 1.29 is 17.6 Å². The van der Waals surface area contributed by atoms with Crippen molar-refractivity contribution in [2.45, 2.75) is 62.7 Å². The molecule has 6 nitrogen and oxygen atoms in total. The largest absolute Gasteiger partial charge is 0.468 e. The number of amides is 1. The Morgan fingerprint density at radius 1 is 1.19 bits per heavy atom. The van der Waals surface area contributed by atoms with Crippen molar-refractivity contribution in [3.05, 3.63) is 24.2 Å². The monoisotopic (exact) mass is 382 g/mol.